The third-order valence-corrected chi connectivity index (χ3v) is 15.1. The van der Waals surface area contributed by atoms with Crippen molar-refractivity contribution in [3.8, 4) is 11.5 Å². The molecular weight excluding hydrogens is 599 g/mol. The summed E-state index contributed by atoms with van der Waals surface area (Å²) in [6.07, 6.45) is 42.1. The Labute approximate surface area is 280 Å². The fraction of sp³-hybridized carbons (Fsp3) is 0.842. The van der Waals surface area contributed by atoms with E-state index in [2.05, 4.69) is 27.7 Å². The van der Waals surface area contributed by atoms with Gasteiger partial charge in [-0.3, -0.25) is 0 Å². The SMILES string of the molecule is CCCCCCCCCCCCCC[P+](CCCCCC)(CCCCCC)CCCCCC.O=S(=O)([O-])c1cc(O)ccc1O. The molecule has 0 aliphatic carbocycles. The first-order chi connectivity index (χ1) is 21.7. The Balaban J connectivity index is 0.00000133. The summed E-state index contributed by atoms with van der Waals surface area (Å²) < 4.78 is 31.1. The molecule has 0 aliphatic rings. The van der Waals surface area contributed by atoms with Gasteiger partial charge >= 0.3 is 0 Å². The molecule has 0 saturated carbocycles. The molecule has 0 bridgehead atoms. The van der Waals surface area contributed by atoms with Gasteiger partial charge in [0.25, 0.3) is 0 Å². The summed E-state index contributed by atoms with van der Waals surface area (Å²) >= 11 is 0. The summed E-state index contributed by atoms with van der Waals surface area (Å²) in [6.45, 7) is 9.41. The lowest BCUT2D eigenvalue weighted by atomic mass is 10.1. The molecule has 0 radical (unpaired) electrons. The molecule has 45 heavy (non-hydrogen) atoms. The molecule has 1 aromatic rings. The van der Waals surface area contributed by atoms with Gasteiger partial charge < -0.3 is 14.8 Å². The maximum absolute atomic E-state index is 10.4. The van der Waals surface area contributed by atoms with Crippen LogP contribution in [0.5, 0.6) is 11.5 Å². The van der Waals surface area contributed by atoms with Crippen molar-refractivity contribution < 1.29 is 23.2 Å². The lowest BCUT2D eigenvalue weighted by Crippen LogP contribution is -2.13. The first kappa shape index (κ1) is 44.2. The predicted molar refractivity (Wildman–Crippen MR) is 198 cm³/mol. The summed E-state index contributed by atoms with van der Waals surface area (Å²) in [7, 11) is -5.41. The van der Waals surface area contributed by atoms with Gasteiger partial charge in [-0.05, 0) is 63.5 Å². The molecule has 1 aromatic carbocycles. The smallest absolute Gasteiger partial charge is 0.133 e. The van der Waals surface area contributed by atoms with Crippen molar-refractivity contribution in [3.05, 3.63) is 18.2 Å². The Morgan fingerprint density at radius 1 is 0.511 bits per heavy atom. The number of aromatic hydroxyl groups is 2. The van der Waals surface area contributed by atoms with Crippen LogP contribution in [0.3, 0.4) is 0 Å². The number of phenolic OH excluding ortho intramolecular Hbond substituents is 2. The van der Waals surface area contributed by atoms with Crippen molar-refractivity contribution in [2.45, 2.75) is 187 Å². The van der Waals surface area contributed by atoms with Gasteiger partial charge in [0, 0.05) is 13.3 Å². The van der Waals surface area contributed by atoms with Gasteiger partial charge in [-0.25, -0.2) is 8.42 Å². The van der Waals surface area contributed by atoms with Crippen molar-refractivity contribution >= 4 is 17.4 Å². The first-order valence-corrected chi connectivity index (χ1v) is 22.9. The fourth-order valence-electron chi connectivity index (χ4n) is 6.28. The van der Waals surface area contributed by atoms with Crippen LogP contribution in [-0.4, -0.2) is 47.8 Å². The van der Waals surface area contributed by atoms with E-state index in [4.69, 9.17) is 10.2 Å². The highest BCUT2D eigenvalue weighted by molar-refractivity contribution is 7.85. The van der Waals surface area contributed by atoms with Crippen molar-refractivity contribution in [1.82, 2.24) is 0 Å². The second kappa shape index (κ2) is 29.3. The second-order valence-corrected chi connectivity index (χ2v) is 19.2. The number of rotatable bonds is 29. The van der Waals surface area contributed by atoms with Gasteiger partial charge in [0.1, 0.15) is 21.6 Å². The fourth-order valence-corrected chi connectivity index (χ4v) is 11.8. The summed E-state index contributed by atoms with van der Waals surface area (Å²) in [6, 6.07) is 2.70. The van der Waals surface area contributed by atoms with Crippen molar-refractivity contribution in [1.29, 1.82) is 0 Å². The lowest BCUT2D eigenvalue weighted by molar-refractivity contribution is 0.427. The maximum Gasteiger partial charge on any atom is 0.133 e. The number of unbranched alkanes of at least 4 members (excludes halogenated alkanes) is 20. The lowest BCUT2D eigenvalue weighted by Gasteiger charge is -2.28. The molecule has 0 aromatic heterocycles. The topological polar surface area (TPSA) is 97.7 Å². The van der Waals surface area contributed by atoms with Crippen molar-refractivity contribution in [3.63, 3.8) is 0 Å². The summed E-state index contributed by atoms with van der Waals surface area (Å²) in [5.41, 5.74) is 0. The molecule has 266 valence electrons. The third kappa shape index (κ3) is 24.9. The van der Waals surface area contributed by atoms with E-state index < -0.39 is 28.0 Å². The van der Waals surface area contributed by atoms with Crippen LogP contribution in [0.1, 0.15) is 182 Å². The minimum atomic E-state index is -4.72. The molecular formula is C38H73O5PS. The Bertz CT molecular complexity index is 874. The van der Waals surface area contributed by atoms with Crippen LogP contribution in [-0.2, 0) is 10.1 Å². The van der Waals surface area contributed by atoms with Gasteiger partial charge in [-0.15, -0.1) is 0 Å². The minimum Gasteiger partial charge on any atom is -0.744 e. The quantitative estimate of drug-likeness (QED) is 0.0382. The van der Waals surface area contributed by atoms with E-state index in [1.807, 2.05) is 0 Å². The monoisotopic (exact) mass is 672 g/mol. The number of phenols is 2. The van der Waals surface area contributed by atoms with Crippen LogP contribution in [0.4, 0.5) is 0 Å². The zero-order valence-corrected chi connectivity index (χ0v) is 31.7. The molecule has 0 amide bonds. The van der Waals surface area contributed by atoms with Gasteiger partial charge in [0.2, 0.25) is 0 Å². The van der Waals surface area contributed by atoms with E-state index >= 15 is 0 Å². The average molecular weight is 673 g/mol. The van der Waals surface area contributed by atoms with Gasteiger partial charge in [0.05, 0.1) is 29.5 Å². The standard InChI is InChI=1S/C32H68P.C6H6O5S/c1-5-9-13-17-18-19-20-21-22-23-24-28-32-33(29-25-14-10-6-2,30-26-15-11-7-3)31-27-16-12-8-4;7-4-1-2-5(8)6(3-4)12(9,10)11/h5-32H2,1-4H3;1-3,7-8H,(H,9,10,11)/q+1;/p-1. The van der Waals surface area contributed by atoms with Gasteiger partial charge in [0.15, 0.2) is 0 Å². The Hall–Kier alpha value is -0.840. The average Bonchev–Trinajstić information content (AvgIpc) is 3.01. The Morgan fingerprint density at radius 2 is 0.800 bits per heavy atom. The van der Waals surface area contributed by atoms with E-state index in [-0.39, 0.29) is 5.75 Å². The van der Waals surface area contributed by atoms with Crippen LogP contribution in [0, 0.1) is 0 Å². The van der Waals surface area contributed by atoms with E-state index in [0.717, 1.165) is 12.1 Å². The highest BCUT2D eigenvalue weighted by Crippen LogP contribution is 2.61. The second-order valence-electron chi connectivity index (χ2n) is 13.4. The molecule has 0 heterocycles. The van der Waals surface area contributed by atoms with Gasteiger partial charge in [-0.1, -0.05) is 130 Å². The van der Waals surface area contributed by atoms with Crippen LogP contribution in [0.25, 0.3) is 0 Å². The highest BCUT2D eigenvalue weighted by Gasteiger charge is 2.34. The first-order valence-electron chi connectivity index (χ1n) is 19.0. The zero-order chi connectivity index (χ0) is 33.7. The number of benzene rings is 1. The molecule has 5 nitrogen and oxygen atoms in total. The molecule has 0 spiro atoms. The molecule has 0 unspecified atom stereocenters. The van der Waals surface area contributed by atoms with Crippen molar-refractivity contribution in [2.24, 2.45) is 0 Å². The van der Waals surface area contributed by atoms with Crippen LogP contribution >= 0.6 is 7.26 Å². The van der Waals surface area contributed by atoms with Gasteiger partial charge in [-0.2, -0.15) is 0 Å². The maximum atomic E-state index is 10.4. The summed E-state index contributed by atoms with van der Waals surface area (Å²) in [5.74, 6) is -1.05. The van der Waals surface area contributed by atoms with E-state index in [1.165, 1.54) is 128 Å². The Kier molecular flexibility index (Phi) is 28.8. The zero-order valence-electron chi connectivity index (χ0n) is 30.0. The third-order valence-electron chi connectivity index (χ3n) is 9.16. The molecule has 0 saturated heterocycles. The normalized spacial score (nSPS) is 11.8. The molecule has 0 aliphatic heterocycles. The Morgan fingerprint density at radius 3 is 1.09 bits per heavy atom. The molecule has 0 atom stereocenters. The largest absolute Gasteiger partial charge is 0.744 e. The van der Waals surface area contributed by atoms with Crippen molar-refractivity contribution in [2.75, 3.05) is 24.6 Å². The summed E-state index contributed by atoms with van der Waals surface area (Å²) in [5, 5.41) is 17.7. The van der Waals surface area contributed by atoms with Crippen LogP contribution in [0.15, 0.2) is 23.1 Å². The molecule has 1 rings (SSSR count). The van der Waals surface area contributed by atoms with Crippen LogP contribution < -0.4 is 0 Å². The van der Waals surface area contributed by atoms with Crippen LogP contribution in [0.2, 0.25) is 0 Å². The predicted octanol–water partition coefficient (Wildman–Crippen LogP) is 12.4. The minimum absolute atomic E-state index is 0.387. The summed E-state index contributed by atoms with van der Waals surface area (Å²) in [4.78, 5) is -0.817. The highest BCUT2D eigenvalue weighted by atomic mass is 32.2. The number of hydrogen-bond acceptors (Lipinski definition) is 5. The molecule has 0 fully saturated rings. The van der Waals surface area contributed by atoms with E-state index in [1.54, 1.807) is 50.3 Å². The molecule has 2 N–H and O–H groups in total. The molecule has 7 heteroatoms. The van der Waals surface area contributed by atoms with E-state index in [0.29, 0.717) is 6.07 Å². The number of hydrogen-bond donors (Lipinski definition) is 2. The van der Waals surface area contributed by atoms with E-state index in [9.17, 15) is 13.0 Å².